The van der Waals surface area contributed by atoms with Gasteiger partial charge in [0.2, 0.25) is 0 Å². The molecule has 0 spiro atoms. The van der Waals surface area contributed by atoms with Crippen LogP contribution in [0.1, 0.15) is 31.2 Å². The predicted octanol–water partition coefficient (Wildman–Crippen LogP) is 4.23. The van der Waals surface area contributed by atoms with Gasteiger partial charge in [0.15, 0.2) is 0 Å². The average molecular weight is 545 g/mol. The quantitative estimate of drug-likeness (QED) is 0.411. The van der Waals surface area contributed by atoms with E-state index in [2.05, 4.69) is 0 Å². The predicted molar refractivity (Wildman–Crippen MR) is 124 cm³/mol. The highest BCUT2D eigenvalue weighted by molar-refractivity contribution is 7.87. The van der Waals surface area contributed by atoms with Crippen LogP contribution in [-0.2, 0) is 25.9 Å². The minimum atomic E-state index is -4.42. The molecule has 1 N–H and O–H groups in total. The maximum absolute atomic E-state index is 12.7. The normalized spacial score (nSPS) is 18.4. The van der Waals surface area contributed by atoms with Crippen molar-refractivity contribution in [1.82, 2.24) is 8.77 Å². The molecule has 2 aliphatic heterocycles. The van der Waals surface area contributed by atoms with Gasteiger partial charge in [-0.2, -0.15) is 25.9 Å². The molecule has 2 aromatic rings. The molecule has 4 rings (SSSR count). The van der Waals surface area contributed by atoms with E-state index in [1.54, 1.807) is 24.3 Å². The summed E-state index contributed by atoms with van der Waals surface area (Å²) in [5.41, 5.74) is -0.764. The largest absolute Gasteiger partial charge is 0.490 e. The van der Waals surface area contributed by atoms with E-state index in [1.807, 2.05) is 0 Å². The molecule has 0 saturated carbocycles. The second-order valence-electron chi connectivity index (χ2n) is 8.79. The van der Waals surface area contributed by atoms with Crippen molar-refractivity contribution < 1.29 is 45.8 Å². The summed E-state index contributed by atoms with van der Waals surface area (Å²) in [6.45, 7) is 0.824. The first-order valence-corrected chi connectivity index (χ1v) is 13.2. The lowest BCUT2D eigenvalue weighted by Gasteiger charge is -2.33. The van der Waals surface area contributed by atoms with E-state index in [0.29, 0.717) is 50.4 Å². The van der Waals surface area contributed by atoms with Crippen molar-refractivity contribution in [3.63, 3.8) is 0 Å². The van der Waals surface area contributed by atoms with Crippen LogP contribution >= 0.6 is 0 Å². The minimum Gasteiger partial charge on any atom is -0.490 e. The Bertz CT molecular complexity index is 1160. The molecule has 2 aromatic carbocycles. The molecule has 2 aliphatic rings. The smallest absolute Gasteiger partial charge is 0.416 e. The van der Waals surface area contributed by atoms with Crippen molar-refractivity contribution in [3.8, 4) is 17.2 Å². The van der Waals surface area contributed by atoms with Crippen molar-refractivity contribution in [2.75, 3.05) is 26.3 Å². The zero-order valence-corrected chi connectivity index (χ0v) is 20.6. The Morgan fingerprint density at radius 3 is 1.97 bits per heavy atom. The first-order chi connectivity index (χ1) is 17.5. The fourth-order valence-corrected chi connectivity index (χ4v) is 5.40. The summed E-state index contributed by atoms with van der Waals surface area (Å²) >= 11 is 0. The van der Waals surface area contributed by atoms with Crippen LogP contribution in [0.25, 0.3) is 0 Å². The third-order valence-corrected chi connectivity index (χ3v) is 7.88. The van der Waals surface area contributed by atoms with Crippen molar-refractivity contribution in [3.05, 3.63) is 54.1 Å². The van der Waals surface area contributed by atoms with Crippen molar-refractivity contribution in [2.45, 2.75) is 38.0 Å². The molecule has 0 atom stereocenters. The summed E-state index contributed by atoms with van der Waals surface area (Å²) in [6.07, 6.45) is -3.29. The van der Waals surface area contributed by atoms with Gasteiger partial charge >= 0.3 is 16.4 Å². The van der Waals surface area contributed by atoms with Gasteiger partial charge in [0, 0.05) is 32.2 Å². The lowest BCUT2D eigenvalue weighted by molar-refractivity contribution is -0.154. The number of nitrogens with zero attached hydrogens (tertiary/aromatic N) is 2. The van der Waals surface area contributed by atoms with E-state index in [4.69, 9.17) is 14.2 Å². The van der Waals surface area contributed by atoms with E-state index in [9.17, 15) is 31.6 Å². The van der Waals surface area contributed by atoms with Crippen molar-refractivity contribution >= 4 is 16.1 Å². The zero-order chi connectivity index (χ0) is 26.6. The SMILES string of the molecule is O=C(C1CCOCC1)N(O)S(=O)(=O)N1CCC(Oc2ccc(Oc3ccc(C(F)(F)F)cc3)cc2)CC1. The highest BCUT2D eigenvalue weighted by atomic mass is 32.2. The number of hydrogen-bond donors (Lipinski definition) is 1. The molecule has 1 amide bonds. The second kappa shape index (κ2) is 11.3. The van der Waals surface area contributed by atoms with Crippen LogP contribution < -0.4 is 9.47 Å². The van der Waals surface area contributed by atoms with Gasteiger partial charge in [0.1, 0.15) is 23.4 Å². The van der Waals surface area contributed by atoms with Gasteiger partial charge in [-0.05, 0) is 74.2 Å². The molecular formula is C24H27F3N2O7S. The van der Waals surface area contributed by atoms with Gasteiger partial charge in [0.05, 0.1) is 5.56 Å². The fraction of sp³-hybridized carbons (Fsp3) is 0.458. The molecule has 13 heteroatoms. The van der Waals surface area contributed by atoms with Crippen LogP contribution in [-0.4, -0.2) is 60.7 Å². The summed E-state index contributed by atoms with van der Waals surface area (Å²) in [5, 5.41) is 10.2. The number of rotatable bonds is 7. The van der Waals surface area contributed by atoms with E-state index in [0.717, 1.165) is 16.4 Å². The van der Waals surface area contributed by atoms with Gasteiger partial charge in [-0.25, -0.2) is 0 Å². The maximum atomic E-state index is 12.7. The summed E-state index contributed by atoms with van der Waals surface area (Å²) in [5.74, 6) is -0.269. The molecule has 0 unspecified atom stereocenters. The first-order valence-electron chi connectivity index (χ1n) is 11.8. The Hall–Kier alpha value is -2.87. The number of piperidine rings is 1. The summed E-state index contributed by atoms with van der Waals surface area (Å²) < 4.78 is 81.1. The molecule has 0 radical (unpaired) electrons. The molecule has 2 heterocycles. The third-order valence-electron chi connectivity index (χ3n) is 6.25. The monoisotopic (exact) mass is 544 g/mol. The Balaban J connectivity index is 1.27. The van der Waals surface area contributed by atoms with Crippen LogP contribution in [0, 0.1) is 5.92 Å². The Kier molecular flexibility index (Phi) is 8.26. The number of hydrogen-bond acceptors (Lipinski definition) is 7. The third kappa shape index (κ3) is 6.72. The van der Waals surface area contributed by atoms with Crippen molar-refractivity contribution in [1.29, 1.82) is 0 Å². The van der Waals surface area contributed by atoms with Gasteiger partial charge in [-0.15, -0.1) is 0 Å². The zero-order valence-electron chi connectivity index (χ0n) is 19.8. The lowest BCUT2D eigenvalue weighted by Crippen LogP contribution is -2.51. The maximum Gasteiger partial charge on any atom is 0.416 e. The number of carbonyl (C=O) groups is 1. The Labute approximate surface area is 212 Å². The molecule has 2 fully saturated rings. The number of carbonyl (C=O) groups excluding carboxylic acids is 1. The Morgan fingerprint density at radius 2 is 1.43 bits per heavy atom. The number of amides is 1. The van der Waals surface area contributed by atoms with Crippen LogP contribution in [0.4, 0.5) is 13.2 Å². The molecule has 37 heavy (non-hydrogen) atoms. The first kappa shape index (κ1) is 27.2. The van der Waals surface area contributed by atoms with E-state index >= 15 is 0 Å². The second-order valence-corrected chi connectivity index (χ2v) is 10.5. The molecule has 0 aliphatic carbocycles. The van der Waals surface area contributed by atoms with Crippen LogP contribution in [0.5, 0.6) is 17.2 Å². The number of halogens is 3. The van der Waals surface area contributed by atoms with Crippen LogP contribution in [0.3, 0.4) is 0 Å². The number of ether oxygens (including phenoxy) is 3. The van der Waals surface area contributed by atoms with E-state index in [-0.39, 0.29) is 29.4 Å². The van der Waals surface area contributed by atoms with Gasteiger partial charge in [-0.3, -0.25) is 10.0 Å². The molecule has 0 bridgehead atoms. The Morgan fingerprint density at radius 1 is 0.919 bits per heavy atom. The average Bonchev–Trinajstić information content (AvgIpc) is 2.89. The van der Waals surface area contributed by atoms with Gasteiger partial charge in [0.25, 0.3) is 5.91 Å². The van der Waals surface area contributed by atoms with E-state index < -0.39 is 33.8 Å². The molecular weight excluding hydrogens is 517 g/mol. The highest BCUT2D eigenvalue weighted by Crippen LogP contribution is 2.32. The molecule has 0 aromatic heterocycles. The van der Waals surface area contributed by atoms with Gasteiger partial charge in [-0.1, -0.05) is 4.47 Å². The number of hydroxylamine groups is 1. The van der Waals surface area contributed by atoms with Gasteiger partial charge < -0.3 is 14.2 Å². The topological polar surface area (TPSA) is 106 Å². The molecule has 202 valence electrons. The minimum absolute atomic E-state index is 0.0697. The lowest BCUT2D eigenvalue weighted by atomic mass is 10.00. The standard InChI is InChI=1S/C24H27F3N2O7S/c25-24(26,27)18-1-3-19(4-2-18)35-20-5-7-21(8-6-20)36-22-9-13-28(14-10-22)37(32,33)29(31)23(30)17-11-15-34-16-12-17/h1-8,17,22,31H,9-16H2. The van der Waals surface area contributed by atoms with Crippen LogP contribution in [0.2, 0.25) is 0 Å². The van der Waals surface area contributed by atoms with Crippen molar-refractivity contribution in [2.24, 2.45) is 5.92 Å². The van der Waals surface area contributed by atoms with Crippen LogP contribution in [0.15, 0.2) is 48.5 Å². The number of alkyl halides is 3. The number of benzene rings is 2. The summed E-state index contributed by atoms with van der Waals surface area (Å²) in [4.78, 5) is 12.4. The van der Waals surface area contributed by atoms with E-state index in [1.165, 1.54) is 12.1 Å². The molecule has 9 nitrogen and oxygen atoms in total. The molecule has 2 saturated heterocycles. The summed E-state index contributed by atoms with van der Waals surface area (Å²) in [6, 6.07) is 10.9. The summed E-state index contributed by atoms with van der Waals surface area (Å²) in [7, 11) is -4.36. The fourth-order valence-electron chi connectivity index (χ4n) is 4.13. The highest BCUT2D eigenvalue weighted by Gasteiger charge is 2.38.